The first-order valence-corrected chi connectivity index (χ1v) is 9.72. The van der Waals surface area contributed by atoms with Gasteiger partial charge in [0.2, 0.25) is 0 Å². The van der Waals surface area contributed by atoms with Gasteiger partial charge in [0.1, 0.15) is 17.5 Å². The summed E-state index contributed by atoms with van der Waals surface area (Å²) in [6, 6.07) is 2.55. The van der Waals surface area contributed by atoms with Gasteiger partial charge in [-0.2, -0.15) is 0 Å². The Morgan fingerprint density at radius 1 is 1.25 bits per heavy atom. The summed E-state index contributed by atoms with van der Waals surface area (Å²) in [4.78, 5) is 47.5. The summed E-state index contributed by atoms with van der Waals surface area (Å²) in [5.74, 6) is -1.31. The van der Waals surface area contributed by atoms with Crippen molar-refractivity contribution in [1.29, 1.82) is 0 Å². The molecule has 2 atom stereocenters. The zero-order chi connectivity index (χ0) is 20.6. The van der Waals surface area contributed by atoms with E-state index in [-0.39, 0.29) is 17.4 Å². The van der Waals surface area contributed by atoms with Crippen LogP contribution in [0, 0.1) is 12.8 Å². The highest BCUT2D eigenvalue weighted by molar-refractivity contribution is 7.14. The monoisotopic (exact) mass is 402 g/mol. The third kappa shape index (κ3) is 3.70. The standard InChI is InChI=1S/C19H22N4O4S/c1-8(2)15(19(26)27)23-17(24)13-6-5-12(28-13)9(3)11-7-20-16-14(11)18(25)22-10(4)21-16/h5-9,15H,1-4H3,(H,23,24)(H,26,27)(H2,20,21,22,25)/t9?,15-/m0/s1. The van der Waals surface area contributed by atoms with Crippen LogP contribution >= 0.6 is 11.3 Å². The van der Waals surface area contributed by atoms with Crippen molar-refractivity contribution in [3.05, 3.63) is 49.8 Å². The Labute approximate surface area is 165 Å². The number of H-pyrrole nitrogens is 2. The highest BCUT2D eigenvalue weighted by atomic mass is 32.1. The quantitative estimate of drug-likeness (QED) is 0.504. The van der Waals surface area contributed by atoms with Gasteiger partial charge in [0.15, 0.2) is 0 Å². The number of rotatable bonds is 6. The van der Waals surface area contributed by atoms with Crippen molar-refractivity contribution in [2.45, 2.75) is 39.7 Å². The summed E-state index contributed by atoms with van der Waals surface area (Å²) in [7, 11) is 0. The normalized spacial score (nSPS) is 13.6. The molecule has 1 amide bonds. The molecule has 0 radical (unpaired) electrons. The third-order valence-electron chi connectivity index (χ3n) is 4.65. The topological polar surface area (TPSA) is 128 Å². The van der Waals surface area contributed by atoms with Crippen LogP contribution in [0.2, 0.25) is 0 Å². The van der Waals surface area contributed by atoms with E-state index in [2.05, 4.69) is 20.3 Å². The SMILES string of the molecule is Cc1nc2[nH]cc(C(C)c3ccc(C(=O)N[C@H](C(=O)O)C(C)C)s3)c2c(=O)[nH]1. The minimum atomic E-state index is -1.06. The van der Waals surface area contributed by atoms with E-state index < -0.39 is 17.9 Å². The Hall–Kier alpha value is -2.94. The predicted molar refractivity (Wildman–Crippen MR) is 107 cm³/mol. The number of amides is 1. The molecule has 3 rings (SSSR count). The molecule has 0 aromatic carbocycles. The number of aromatic nitrogens is 3. The van der Waals surface area contributed by atoms with Gasteiger partial charge in [-0.1, -0.05) is 20.8 Å². The second-order valence-electron chi connectivity index (χ2n) is 7.08. The maximum atomic E-state index is 12.5. The Balaban J connectivity index is 1.87. The molecule has 1 unspecified atom stereocenters. The number of nitrogens with zero attached hydrogens (tertiary/aromatic N) is 1. The van der Waals surface area contributed by atoms with Gasteiger partial charge in [-0.25, -0.2) is 9.78 Å². The summed E-state index contributed by atoms with van der Waals surface area (Å²) in [6.45, 7) is 7.15. The number of aromatic amines is 2. The van der Waals surface area contributed by atoms with Crippen molar-refractivity contribution in [3.8, 4) is 0 Å². The first kappa shape index (κ1) is 19.8. The number of carboxylic acids is 1. The molecule has 0 bridgehead atoms. The molecular formula is C19H22N4O4S. The predicted octanol–water partition coefficient (Wildman–Crippen LogP) is 2.61. The van der Waals surface area contributed by atoms with Crippen molar-refractivity contribution in [1.82, 2.24) is 20.3 Å². The lowest BCUT2D eigenvalue weighted by atomic mass is 10.0. The molecule has 4 N–H and O–H groups in total. The van der Waals surface area contributed by atoms with Crippen LogP contribution in [0.25, 0.3) is 11.0 Å². The molecule has 8 nitrogen and oxygen atoms in total. The summed E-state index contributed by atoms with van der Waals surface area (Å²) in [6.07, 6.45) is 1.76. The van der Waals surface area contributed by atoms with E-state index >= 15 is 0 Å². The molecule has 0 spiro atoms. The average molecular weight is 402 g/mol. The van der Waals surface area contributed by atoms with Crippen LogP contribution in [0.5, 0.6) is 0 Å². The van der Waals surface area contributed by atoms with Crippen molar-refractivity contribution in [2.75, 3.05) is 0 Å². The van der Waals surface area contributed by atoms with Crippen LogP contribution in [0.15, 0.2) is 23.1 Å². The lowest BCUT2D eigenvalue weighted by Gasteiger charge is -2.17. The van der Waals surface area contributed by atoms with E-state index in [1.165, 1.54) is 11.3 Å². The van der Waals surface area contributed by atoms with Gasteiger partial charge < -0.3 is 20.4 Å². The number of hydrogen-bond acceptors (Lipinski definition) is 5. The van der Waals surface area contributed by atoms with E-state index in [1.54, 1.807) is 33.0 Å². The zero-order valence-corrected chi connectivity index (χ0v) is 16.8. The molecule has 148 valence electrons. The number of carboxylic acid groups (broad SMARTS) is 1. The summed E-state index contributed by atoms with van der Waals surface area (Å²) in [5, 5.41) is 12.3. The van der Waals surface area contributed by atoms with Crippen molar-refractivity contribution in [2.24, 2.45) is 5.92 Å². The number of carbonyl (C=O) groups is 2. The molecule has 3 heterocycles. The first-order valence-electron chi connectivity index (χ1n) is 8.90. The molecule has 3 aromatic heterocycles. The van der Waals surface area contributed by atoms with E-state index in [0.717, 1.165) is 10.4 Å². The largest absolute Gasteiger partial charge is 0.480 e. The minimum absolute atomic E-state index is 0.133. The fraction of sp³-hybridized carbons (Fsp3) is 0.368. The lowest BCUT2D eigenvalue weighted by Crippen LogP contribution is -2.44. The van der Waals surface area contributed by atoms with E-state index in [9.17, 15) is 19.5 Å². The molecule has 9 heteroatoms. The highest BCUT2D eigenvalue weighted by Crippen LogP contribution is 2.32. The molecule has 0 fully saturated rings. The number of fused-ring (bicyclic) bond motifs is 1. The van der Waals surface area contributed by atoms with Crippen LogP contribution < -0.4 is 10.9 Å². The summed E-state index contributed by atoms with van der Waals surface area (Å²) >= 11 is 1.28. The number of aryl methyl sites for hydroxylation is 1. The third-order valence-corrected chi connectivity index (χ3v) is 5.92. The van der Waals surface area contributed by atoms with E-state index in [4.69, 9.17) is 0 Å². The Morgan fingerprint density at radius 3 is 2.61 bits per heavy atom. The van der Waals surface area contributed by atoms with Gasteiger partial charge in [-0.3, -0.25) is 9.59 Å². The van der Waals surface area contributed by atoms with Gasteiger partial charge >= 0.3 is 5.97 Å². The smallest absolute Gasteiger partial charge is 0.326 e. The molecular weight excluding hydrogens is 380 g/mol. The van der Waals surface area contributed by atoms with Gasteiger partial charge in [-0.05, 0) is 30.5 Å². The molecule has 0 saturated heterocycles. The average Bonchev–Trinajstić information content (AvgIpc) is 3.25. The minimum Gasteiger partial charge on any atom is -0.480 e. The first-order chi connectivity index (χ1) is 13.2. The molecule has 0 saturated carbocycles. The molecule has 28 heavy (non-hydrogen) atoms. The van der Waals surface area contributed by atoms with Crippen LogP contribution in [0.4, 0.5) is 0 Å². The summed E-state index contributed by atoms with van der Waals surface area (Å²) < 4.78 is 0. The van der Waals surface area contributed by atoms with Crippen molar-refractivity contribution >= 4 is 34.2 Å². The van der Waals surface area contributed by atoms with Crippen LogP contribution in [-0.2, 0) is 4.79 Å². The molecule has 3 aromatic rings. The fourth-order valence-corrected chi connectivity index (χ4v) is 4.09. The molecule has 0 aliphatic carbocycles. The Kier molecular flexibility index (Phi) is 5.37. The second kappa shape index (κ2) is 7.59. The van der Waals surface area contributed by atoms with Gasteiger partial charge in [0.05, 0.1) is 10.3 Å². The fourth-order valence-electron chi connectivity index (χ4n) is 3.10. The summed E-state index contributed by atoms with van der Waals surface area (Å²) in [5.41, 5.74) is 1.11. The number of nitrogens with one attached hydrogen (secondary N) is 3. The number of thiophene rings is 1. The van der Waals surface area contributed by atoms with Gasteiger partial charge in [-0.15, -0.1) is 11.3 Å². The molecule has 0 aliphatic heterocycles. The number of carbonyl (C=O) groups excluding carboxylic acids is 1. The van der Waals surface area contributed by atoms with Crippen LogP contribution in [0.1, 0.15) is 52.6 Å². The van der Waals surface area contributed by atoms with E-state index in [0.29, 0.717) is 21.7 Å². The van der Waals surface area contributed by atoms with Crippen LogP contribution in [0.3, 0.4) is 0 Å². The zero-order valence-electron chi connectivity index (χ0n) is 16.0. The number of hydrogen-bond donors (Lipinski definition) is 4. The molecule has 0 aliphatic rings. The van der Waals surface area contributed by atoms with Crippen LogP contribution in [-0.4, -0.2) is 38.0 Å². The Bertz CT molecular complexity index is 1090. The second-order valence-corrected chi connectivity index (χ2v) is 8.19. The Morgan fingerprint density at radius 2 is 1.96 bits per heavy atom. The maximum Gasteiger partial charge on any atom is 0.326 e. The van der Waals surface area contributed by atoms with Gasteiger partial charge in [0.25, 0.3) is 11.5 Å². The lowest BCUT2D eigenvalue weighted by molar-refractivity contribution is -0.140. The number of aliphatic carboxylic acids is 1. The van der Waals surface area contributed by atoms with Crippen molar-refractivity contribution < 1.29 is 14.7 Å². The van der Waals surface area contributed by atoms with Crippen molar-refractivity contribution in [3.63, 3.8) is 0 Å². The van der Waals surface area contributed by atoms with E-state index in [1.807, 2.05) is 13.0 Å². The highest BCUT2D eigenvalue weighted by Gasteiger charge is 2.25. The van der Waals surface area contributed by atoms with Gasteiger partial charge in [0, 0.05) is 17.0 Å². The maximum absolute atomic E-state index is 12.5.